The van der Waals surface area contributed by atoms with E-state index in [9.17, 15) is 5.11 Å². The van der Waals surface area contributed by atoms with Crippen LogP contribution in [0.5, 0.6) is 0 Å². The van der Waals surface area contributed by atoms with Crippen molar-refractivity contribution in [2.24, 2.45) is 0 Å². The first-order chi connectivity index (χ1) is 10.2. The summed E-state index contributed by atoms with van der Waals surface area (Å²) in [5.41, 5.74) is 3.61. The molecule has 0 aliphatic rings. The lowest BCUT2D eigenvalue weighted by Crippen LogP contribution is -2.26. The maximum absolute atomic E-state index is 10.2. The molecule has 0 amide bonds. The fourth-order valence-electron chi connectivity index (χ4n) is 2.53. The Balaban J connectivity index is 1.95. The third-order valence-corrected chi connectivity index (χ3v) is 3.94. The van der Waals surface area contributed by atoms with E-state index < -0.39 is 6.10 Å². The zero-order chi connectivity index (χ0) is 15.1. The summed E-state index contributed by atoms with van der Waals surface area (Å²) in [4.78, 5) is 0. The summed E-state index contributed by atoms with van der Waals surface area (Å²) < 4.78 is 0. The molecule has 0 radical (unpaired) electrons. The summed E-state index contributed by atoms with van der Waals surface area (Å²) in [5, 5.41) is 13.7. The maximum Gasteiger partial charge on any atom is 0.0914 e. The number of aryl methyl sites for hydroxylation is 1. The van der Waals surface area contributed by atoms with Crippen LogP contribution in [0, 0.1) is 0 Å². The van der Waals surface area contributed by atoms with Crippen molar-refractivity contribution in [1.82, 2.24) is 5.32 Å². The topological polar surface area (TPSA) is 32.3 Å². The quantitative estimate of drug-likeness (QED) is 0.804. The Morgan fingerprint density at radius 3 is 2.14 bits per heavy atom. The predicted molar refractivity (Wildman–Crippen MR) is 88.3 cm³/mol. The highest BCUT2D eigenvalue weighted by Crippen LogP contribution is 2.19. The van der Waals surface area contributed by atoms with Gasteiger partial charge in [0, 0.05) is 12.6 Å². The third-order valence-electron chi connectivity index (χ3n) is 3.94. The maximum atomic E-state index is 10.2. The Labute approximate surface area is 127 Å². The fourth-order valence-corrected chi connectivity index (χ4v) is 2.53. The molecule has 0 aliphatic heterocycles. The lowest BCUT2D eigenvalue weighted by Gasteiger charge is -2.20. The molecule has 2 aromatic carbocycles. The Bertz CT molecular complexity index is 521. The highest BCUT2D eigenvalue weighted by Gasteiger charge is 2.12. The van der Waals surface area contributed by atoms with E-state index in [1.165, 1.54) is 11.1 Å². The Morgan fingerprint density at radius 2 is 1.57 bits per heavy atom. The summed E-state index contributed by atoms with van der Waals surface area (Å²) in [5.74, 6) is 0. The van der Waals surface area contributed by atoms with Gasteiger partial charge in [-0.1, -0.05) is 68.4 Å². The molecule has 2 heteroatoms. The highest BCUT2D eigenvalue weighted by atomic mass is 16.3. The molecule has 0 bridgehead atoms. The highest BCUT2D eigenvalue weighted by molar-refractivity contribution is 5.25. The van der Waals surface area contributed by atoms with Crippen LogP contribution in [-0.4, -0.2) is 11.7 Å². The number of nitrogens with one attached hydrogen (secondary N) is 1. The van der Waals surface area contributed by atoms with Gasteiger partial charge in [0.25, 0.3) is 0 Å². The Kier molecular flexibility index (Phi) is 5.97. The number of hydrogen-bond donors (Lipinski definition) is 2. The van der Waals surface area contributed by atoms with Gasteiger partial charge in [-0.05, 0) is 29.5 Å². The van der Waals surface area contributed by atoms with Crippen molar-refractivity contribution < 1.29 is 5.11 Å². The average Bonchev–Trinajstić information content (AvgIpc) is 2.56. The molecule has 0 heterocycles. The molecule has 2 N–H and O–H groups in total. The number of benzene rings is 2. The lowest BCUT2D eigenvalue weighted by atomic mass is 10.0. The second kappa shape index (κ2) is 7.96. The van der Waals surface area contributed by atoms with Gasteiger partial charge >= 0.3 is 0 Å². The predicted octanol–water partition coefficient (Wildman–Crippen LogP) is 4.02. The zero-order valence-electron chi connectivity index (χ0n) is 12.9. The van der Waals surface area contributed by atoms with Crippen LogP contribution in [-0.2, 0) is 6.42 Å². The van der Waals surface area contributed by atoms with Gasteiger partial charge in [-0.2, -0.15) is 0 Å². The van der Waals surface area contributed by atoms with Crippen molar-refractivity contribution in [3.63, 3.8) is 0 Å². The summed E-state index contributed by atoms with van der Waals surface area (Å²) in [6.07, 6.45) is 1.61. The van der Waals surface area contributed by atoms with Crippen LogP contribution in [0.15, 0.2) is 54.6 Å². The smallest absolute Gasteiger partial charge is 0.0914 e. The van der Waals surface area contributed by atoms with Gasteiger partial charge in [0.15, 0.2) is 0 Å². The second-order valence-electron chi connectivity index (χ2n) is 5.39. The van der Waals surface area contributed by atoms with Crippen molar-refractivity contribution >= 4 is 0 Å². The van der Waals surface area contributed by atoms with Crippen LogP contribution in [0.25, 0.3) is 0 Å². The molecular formula is C19H25NO. The summed E-state index contributed by atoms with van der Waals surface area (Å²) in [6.45, 7) is 4.90. The van der Waals surface area contributed by atoms with Crippen molar-refractivity contribution in [2.45, 2.75) is 38.8 Å². The van der Waals surface area contributed by atoms with Gasteiger partial charge in [-0.25, -0.2) is 0 Å². The van der Waals surface area contributed by atoms with Crippen LogP contribution < -0.4 is 5.32 Å². The zero-order valence-corrected chi connectivity index (χ0v) is 12.9. The molecule has 0 aromatic heterocycles. The number of aliphatic hydroxyl groups excluding tert-OH is 1. The molecule has 2 nitrogen and oxygen atoms in total. The van der Waals surface area contributed by atoms with E-state index >= 15 is 0 Å². The number of aliphatic hydroxyl groups is 1. The van der Waals surface area contributed by atoms with Crippen molar-refractivity contribution in [3.05, 3.63) is 71.3 Å². The van der Waals surface area contributed by atoms with Crippen LogP contribution in [0.2, 0.25) is 0 Å². The summed E-state index contributed by atoms with van der Waals surface area (Å²) in [7, 11) is 0. The first-order valence-corrected chi connectivity index (χ1v) is 7.79. The minimum atomic E-state index is -0.463. The van der Waals surface area contributed by atoms with E-state index in [4.69, 9.17) is 0 Å². The van der Waals surface area contributed by atoms with Crippen LogP contribution in [0.1, 0.15) is 49.1 Å². The van der Waals surface area contributed by atoms with Crippen LogP contribution >= 0.6 is 0 Å². The van der Waals surface area contributed by atoms with Crippen molar-refractivity contribution in [1.29, 1.82) is 0 Å². The van der Waals surface area contributed by atoms with E-state index in [-0.39, 0.29) is 6.04 Å². The Morgan fingerprint density at radius 1 is 0.905 bits per heavy atom. The SMILES string of the molecule is CCc1ccc(C(CC)NCC(O)c2ccccc2)cc1. The summed E-state index contributed by atoms with van der Waals surface area (Å²) in [6, 6.07) is 18.8. The van der Waals surface area contributed by atoms with Gasteiger partial charge in [0.2, 0.25) is 0 Å². The minimum Gasteiger partial charge on any atom is -0.387 e. The van der Waals surface area contributed by atoms with E-state index in [0.717, 1.165) is 18.4 Å². The monoisotopic (exact) mass is 283 g/mol. The van der Waals surface area contributed by atoms with Gasteiger partial charge in [0.1, 0.15) is 0 Å². The van der Waals surface area contributed by atoms with Gasteiger partial charge in [-0.3, -0.25) is 0 Å². The van der Waals surface area contributed by atoms with Crippen molar-refractivity contribution in [2.75, 3.05) is 6.54 Å². The lowest BCUT2D eigenvalue weighted by molar-refractivity contribution is 0.169. The third kappa shape index (κ3) is 4.42. The summed E-state index contributed by atoms with van der Waals surface area (Å²) >= 11 is 0. The molecule has 2 rings (SSSR count). The van der Waals surface area contributed by atoms with Crippen molar-refractivity contribution in [3.8, 4) is 0 Å². The molecule has 2 aromatic rings. The molecule has 0 saturated heterocycles. The van der Waals surface area contributed by atoms with Crippen LogP contribution in [0.3, 0.4) is 0 Å². The van der Waals surface area contributed by atoms with Gasteiger partial charge in [0.05, 0.1) is 6.10 Å². The standard InChI is InChI=1S/C19H25NO/c1-3-15-10-12-16(13-11-15)18(4-2)20-14-19(21)17-8-6-5-7-9-17/h5-13,18-21H,3-4,14H2,1-2H3. The Hall–Kier alpha value is -1.64. The molecule has 2 unspecified atom stereocenters. The molecule has 21 heavy (non-hydrogen) atoms. The number of hydrogen-bond acceptors (Lipinski definition) is 2. The minimum absolute atomic E-state index is 0.286. The molecule has 0 aliphatic carbocycles. The molecule has 112 valence electrons. The fraction of sp³-hybridized carbons (Fsp3) is 0.368. The molecule has 0 fully saturated rings. The molecule has 0 saturated carbocycles. The molecular weight excluding hydrogens is 258 g/mol. The van der Waals surface area contributed by atoms with E-state index in [0.29, 0.717) is 6.54 Å². The average molecular weight is 283 g/mol. The van der Waals surface area contributed by atoms with Gasteiger partial charge in [-0.15, -0.1) is 0 Å². The van der Waals surface area contributed by atoms with Crippen LogP contribution in [0.4, 0.5) is 0 Å². The first-order valence-electron chi connectivity index (χ1n) is 7.79. The second-order valence-corrected chi connectivity index (χ2v) is 5.39. The van der Waals surface area contributed by atoms with E-state index in [1.807, 2.05) is 30.3 Å². The largest absolute Gasteiger partial charge is 0.387 e. The van der Waals surface area contributed by atoms with E-state index in [1.54, 1.807) is 0 Å². The number of rotatable bonds is 7. The normalized spacial score (nSPS) is 13.9. The van der Waals surface area contributed by atoms with Gasteiger partial charge < -0.3 is 10.4 Å². The molecule has 2 atom stereocenters. The first kappa shape index (κ1) is 15.7. The van der Waals surface area contributed by atoms with E-state index in [2.05, 4.69) is 43.4 Å². The molecule has 0 spiro atoms.